The van der Waals surface area contributed by atoms with Gasteiger partial charge in [0.2, 0.25) is 0 Å². The molecule has 3 aromatic rings. The number of thiophene rings is 1. The van der Waals surface area contributed by atoms with Gasteiger partial charge >= 0.3 is 0 Å². The van der Waals surface area contributed by atoms with E-state index in [0.717, 1.165) is 16.7 Å². The number of likely N-dealkylation sites (tertiary alicyclic amines) is 1. The predicted molar refractivity (Wildman–Crippen MR) is 90.7 cm³/mol. The summed E-state index contributed by atoms with van der Waals surface area (Å²) in [5.41, 5.74) is 2.16. The van der Waals surface area contributed by atoms with Crippen LogP contribution < -0.4 is 0 Å². The first kappa shape index (κ1) is 13.5. The molecule has 108 valence electrons. The molecule has 0 amide bonds. The summed E-state index contributed by atoms with van der Waals surface area (Å²) in [6.45, 7) is 3.58. The molecular weight excluding hydrogens is 346 g/mol. The maximum atomic E-state index is 4.49. The van der Waals surface area contributed by atoms with E-state index in [9.17, 15) is 0 Å². The number of imidazole rings is 1. The highest BCUT2D eigenvalue weighted by molar-refractivity contribution is 9.10. The van der Waals surface area contributed by atoms with Crippen LogP contribution in [0.1, 0.15) is 17.7 Å². The molecule has 0 N–H and O–H groups in total. The van der Waals surface area contributed by atoms with Crippen LogP contribution in [0.3, 0.4) is 0 Å². The van der Waals surface area contributed by atoms with Crippen molar-refractivity contribution in [3.63, 3.8) is 0 Å². The molecule has 0 unspecified atom stereocenters. The van der Waals surface area contributed by atoms with Crippen molar-refractivity contribution in [1.82, 2.24) is 14.3 Å². The second kappa shape index (κ2) is 5.55. The fourth-order valence-corrected chi connectivity index (χ4v) is 4.29. The zero-order chi connectivity index (χ0) is 14.2. The van der Waals surface area contributed by atoms with Gasteiger partial charge in [0.05, 0.1) is 16.8 Å². The maximum absolute atomic E-state index is 4.49. The van der Waals surface area contributed by atoms with E-state index in [1.807, 2.05) is 29.7 Å². The molecule has 5 heteroatoms. The van der Waals surface area contributed by atoms with Crippen LogP contribution >= 0.6 is 27.3 Å². The Bertz CT molecular complexity index is 771. The third-order valence-corrected chi connectivity index (χ3v) is 5.52. The van der Waals surface area contributed by atoms with Crippen LogP contribution in [0.15, 0.2) is 41.1 Å². The number of aromatic nitrogens is 2. The van der Waals surface area contributed by atoms with Gasteiger partial charge in [-0.3, -0.25) is 9.30 Å². The summed E-state index contributed by atoms with van der Waals surface area (Å²) in [5.74, 6) is 0. The molecule has 0 saturated carbocycles. The molecule has 21 heavy (non-hydrogen) atoms. The van der Waals surface area contributed by atoms with E-state index in [1.54, 1.807) is 0 Å². The molecule has 0 aromatic carbocycles. The Labute approximate surface area is 136 Å². The van der Waals surface area contributed by atoms with Crippen LogP contribution in [-0.4, -0.2) is 27.4 Å². The van der Waals surface area contributed by atoms with Crippen LogP contribution in [0.4, 0.5) is 0 Å². The van der Waals surface area contributed by atoms with Crippen molar-refractivity contribution in [2.75, 3.05) is 13.1 Å². The smallest absolute Gasteiger partial charge is 0.137 e. The maximum Gasteiger partial charge on any atom is 0.137 e. The molecule has 1 fully saturated rings. The summed E-state index contributed by atoms with van der Waals surface area (Å²) < 4.78 is 3.22. The molecule has 0 radical (unpaired) electrons. The minimum atomic E-state index is 0.989. The average Bonchev–Trinajstić information content (AvgIpc) is 3.19. The van der Waals surface area contributed by atoms with Crippen LogP contribution in [0.5, 0.6) is 0 Å². The first-order valence-electron chi connectivity index (χ1n) is 7.24. The van der Waals surface area contributed by atoms with Crippen molar-refractivity contribution in [2.45, 2.75) is 19.4 Å². The summed E-state index contributed by atoms with van der Waals surface area (Å²) >= 11 is 5.42. The van der Waals surface area contributed by atoms with E-state index < -0.39 is 0 Å². The van der Waals surface area contributed by atoms with Gasteiger partial charge in [-0.2, -0.15) is 0 Å². The van der Waals surface area contributed by atoms with Crippen LogP contribution in [0.2, 0.25) is 0 Å². The lowest BCUT2D eigenvalue weighted by molar-refractivity contribution is 0.334. The minimum Gasteiger partial charge on any atom is -0.298 e. The number of rotatable bonds is 3. The first-order chi connectivity index (χ1) is 10.3. The number of halogens is 1. The lowest BCUT2D eigenvalue weighted by Gasteiger charge is -2.12. The van der Waals surface area contributed by atoms with Crippen LogP contribution in [-0.2, 0) is 6.54 Å². The summed E-state index contributed by atoms with van der Waals surface area (Å²) in [4.78, 5) is 9.76. The summed E-state index contributed by atoms with van der Waals surface area (Å²) in [5, 5.41) is 0. The van der Waals surface area contributed by atoms with Gasteiger partial charge in [-0.25, -0.2) is 4.98 Å². The second-order valence-electron chi connectivity index (χ2n) is 5.47. The predicted octanol–water partition coefficient (Wildman–Crippen LogP) is 4.42. The average molecular weight is 362 g/mol. The second-order valence-corrected chi connectivity index (χ2v) is 7.55. The zero-order valence-corrected chi connectivity index (χ0v) is 14.0. The topological polar surface area (TPSA) is 20.5 Å². The molecule has 1 saturated heterocycles. The summed E-state index contributed by atoms with van der Waals surface area (Å²) in [6.07, 6.45) is 6.74. The van der Waals surface area contributed by atoms with Gasteiger partial charge in [-0.05, 0) is 66.1 Å². The Morgan fingerprint density at radius 3 is 2.86 bits per heavy atom. The fraction of sp³-hybridized carbons (Fsp3) is 0.312. The number of fused-ring (bicyclic) bond motifs is 1. The van der Waals surface area contributed by atoms with Gasteiger partial charge in [0.25, 0.3) is 0 Å². The SMILES string of the molecule is Brc1ccc2ncc(-c3ccc(CN4CCCC4)s3)n2c1. The van der Waals surface area contributed by atoms with E-state index in [0.29, 0.717) is 0 Å². The standard InChI is InChI=1S/C16H16BrN3S/c17-12-3-6-16-18-9-14(20(16)10-12)15-5-4-13(21-15)11-19-7-1-2-8-19/h3-6,9-10H,1-2,7-8,11H2. The van der Waals surface area contributed by atoms with E-state index >= 15 is 0 Å². The van der Waals surface area contributed by atoms with Crippen molar-refractivity contribution in [3.05, 3.63) is 46.0 Å². The monoisotopic (exact) mass is 361 g/mol. The molecule has 0 atom stereocenters. The Kier molecular flexibility index (Phi) is 3.57. The molecule has 1 aliphatic rings. The molecule has 3 nitrogen and oxygen atoms in total. The van der Waals surface area contributed by atoms with Crippen molar-refractivity contribution in [2.24, 2.45) is 0 Å². The van der Waals surface area contributed by atoms with Gasteiger partial charge in [-0.1, -0.05) is 0 Å². The fourth-order valence-electron chi connectivity index (χ4n) is 2.90. The number of pyridine rings is 1. The Morgan fingerprint density at radius 1 is 1.14 bits per heavy atom. The molecule has 3 aromatic heterocycles. The first-order valence-corrected chi connectivity index (χ1v) is 8.84. The lowest BCUT2D eigenvalue weighted by atomic mass is 10.3. The summed E-state index contributed by atoms with van der Waals surface area (Å²) in [7, 11) is 0. The molecule has 0 bridgehead atoms. The van der Waals surface area contributed by atoms with Gasteiger partial charge < -0.3 is 0 Å². The van der Waals surface area contributed by atoms with Crippen molar-refractivity contribution < 1.29 is 0 Å². The van der Waals surface area contributed by atoms with Crippen molar-refractivity contribution in [1.29, 1.82) is 0 Å². The van der Waals surface area contributed by atoms with E-state index in [2.05, 4.69) is 48.5 Å². The normalized spacial score (nSPS) is 16.0. The van der Waals surface area contributed by atoms with Gasteiger partial charge in [0.15, 0.2) is 0 Å². The molecule has 1 aliphatic heterocycles. The van der Waals surface area contributed by atoms with Crippen LogP contribution in [0.25, 0.3) is 16.2 Å². The zero-order valence-electron chi connectivity index (χ0n) is 11.6. The highest BCUT2D eigenvalue weighted by atomic mass is 79.9. The molecular formula is C16H16BrN3S. The Morgan fingerprint density at radius 2 is 2.00 bits per heavy atom. The van der Waals surface area contributed by atoms with Crippen LogP contribution in [0, 0.1) is 0 Å². The van der Waals surface area contributed by atoms with E-state index in [1.165, 1.54) is 41.4 Å². The quantitative estimate of drug-likeness (QED) is 0.688. The highest BCUT2D eigenvalue weighted by Gasteiger charge is 2.14. The van der Waals surface area contributed by atoms with E-state index in [4.69, 9.17) is 0 Å². The molecule has 0 spiro atoms. The van der Waals surface area contributed by atoms with Crippen molar-refractivity contribution in [3.8, 4) is 10.6 Å². The van der Waals surface area contributed by atoms with E-state index in [-0.39, 0.29) is 0 Å². The Hall–Kier alpha value is -1.17. The van der Waals surface area contributed by atoms with Gasteiger partial charge in [0.1, 0.15) is 5.65 Å². The summed E-state index contributed by atoms with van der Waals surface area (Å²) in [6, 6.07) is 8.54. The molecule has 0 aliphatic carbocycles. The minimum absolute atomic E-state index is 0.989. The number of hydrogen-bond acceptors (Lipinski definition) is 3. The number of nitrogens with zero attached hydrogens (tertiary/aromatic N) is 3. The number of hydrogen-bond donors (Lipinski definition) is 0. The van der Waals surface area contributed by atoms with Gasteiger partial charge in [-0.15, -0.1) is 11.3 Å². The third kappa shape index (κ3) is 2.65. The highest BCUT2D eigenvalue weighted by Crippen LogP contribution is 2.30. The Balaban J connectivity index is 1.65. The largest absolute Gasteiger partial charge is 0.298 e. The molecule has 4 heterocycles. The van der Waals surface area contributed by atoms with Gasteiger partial charge in [0, 0.05) is 22.1 Å². The lowest BCUT2D eigenvalue weighted by Crippen LogP contribution is -2.17. The van der Waals surface area contributed by atoms with Crippen molar-refractivity contribution >= 4 is 32.9 Å². The third-order valence-electron chi connectivity index (χ3n) is 3.96. The molecule has 4 rings (SSSR count).